The van der Waals surface area contributed by atoms with Gasteiger partial charge in [-0.05, 0) is 37.1 Å². The van der Waals surface area contributed by atoms with Gasteiger partial charge in [0.25, 0.3) is 0 Å². The van der Waals surface area contributed by atoms with Crippen LogP contribution in [-0.2, 0) is 16.8 Å². The molecule has 0 saturated carbocycles. The van der Waals surface area contributed by atoms with Crippen LogP contribution < -0.4 is 0 Å². The Kier molecular flexibility index (Phi) is 5.54. The number of carbonyl (C=O) groups is 1. The van der Waals surface area contributed by atoms with Gasteiger partial charge >= 0.3 is 0 Å². The molecule has 0 aliphatic carbocycles. The Bertz CT molecular complexity index is 676. The van der Waals surface area contributed by atoms with Gasteiger partial charge in [0.05, 0.1) is 0 Å². The number of nitrogens with zero attached hydrogens (tertiary/aromatic N) is 2. The first-order chi connectivity index (χ1) is 12.1. The minimum Gasteiger partial charge on any atom is -0.345 e. The number of hydrogen-bond acceptors (Lipinski definition) is 2. The molecular formula is C22H28N2O. The van der Waals surface area contributed by atoms with Crippen molar-refractivity contribution >= 4 is 5.91 Å². The van der Waals surface area contributed by atoms with E-state index < -0.39 is 0 Å². The lowest BCUT2D eigenvalue weighted by molar-refractivity contribution is -0.128. The van der Waals surface area contributed by atoms with Crippen LogP contribution in [0.3, 0.4) is 0 Å². The van der Waals surface area contributed by atoms with Crippen LogP contribution in [0.25, 0.3) is 0 Å². The van der Waals surface area contributed by atoms with E-state index in [0.717, 1.165) is 39.0 Å². The monoisotopic (exact) mass is 336 g/mol. The molecule has 2 aromatic rings. The third kappa shape index (κ3) is 4.29. The molecule has 1 aliphatic rings. The van der Waals surface area contributed by atoms with Crippen molar-refractivity contribution in [3.05, 3.63) is 71.8 Å². The average molecular weight is 336 g/mol. The SMILES string of the molecule is CC(=O)N(C)CC1(c2ccccc2)CCN(Cc2ccccc2)CC1. The van der Waals surface area contributed by atoms with E-state index in [2.05, 4.69) is 65.6 Å². The van der Waals surface area contributed by atoms with Crippen LogP contribution >= 0.6 is 0 Å². The molecule has 132 valence electrons. The first-order valence-electron chi connectivity index (χ1n) is 9.13. The van der Waals surface area contributed by atoms with Crippen LogP contribution in [0.5, 0.6) is 0 Å². The van der Waals surface area contributed by atoms with Crippen molar-refractivity contribution in [2.24, 2.45) is 0 Å². The first kappa shape index (κ1) is 17.7. The molecule has 1 amide bonds. The Morgan fingerprint density at radius 2 is 1.56 bits per heavy atom. The maximum absolute atomic E-state index is 11.8. The Hall–Kier alpha value is -2.13. The number of rotatable bonds is 5. The summed E-state index contributed by atoms with van der Waals surface area (Å²) in [6.45, 7) is 5.59. The van der Waals surface area contributed by atoms with Crippen molar-refractivity contribution in [3.8, 4) is 0 Å². The minimum atomic E-state index is 0.0644. The molecule has 3 heteroatoms. The fraction of sp³-hybridized carbons (Fsp3) is 0.409. The van der Waals surface area contributed by atoms with Crippen LogP contribution in [0.2, 0.25) is 0 Å². The summed E-state index contributed by atoms with van der Waals surface area (Å²) in [6.07, 6.45) is 2.17. The average Bonchev–Trinajstić information content (AvgIpc) is 2.65. The zero-order chi connectivity index (χ0) is 17.7. The molecule has 0 atom stereocenters. The quantitative estimate of drug-likeness (QED) is 0.831. The van der Waals surface area contributed by atoms with E-state index in [1.54, 1.807) is 6.92 Å². The van der Waals surface area contributed by atoms with Crippen molar-refractivity contribution in [1.29, 1.82) is 0 Å². The standard InChI is InChI=1S/C22H28N2O/c1-19(25)23(2)18-22(21-11-7-4-8-12-21)13-15-24(16-14-22)17-20-9-5-3-6-10-20/h3-12H,13-18H2,1-2H3. The van der Waals surface area contributed by atoms with Crippen molar-refractivity contribution < 1.29 is 4.79 Å². The lowest BCUT2D eigenvalue weighted by atomic mass is 9.72. The molecule has 0 unspecified atom stereocenters. The Balaban J connectivity index is 1.73. The van der Waals surface area contributed by atoms with Crippen molar-refractivity contribution in [2.45, 2.75) is 31.7 Å². The smallest absolute Gasteiger partial charge is 0.219 e. The molecule has 0 N–H and O–H groups in total. The third-order valence-electron chi connectivity index (χ3n) is 5.53. The zero-order valence-electron chi connectivity index (χ0n) is 15.3. The highest BCUT2D eigenvalue weighted by Crippen LogP contribution is 2.36. The van der Waals surface area contributed by atoms with Gasteiger partial charge in [0.2, 0.25) is 5.91 Å². The van der Waals surface area contributed by atoms with Crippen LogP contribution in [0.4, 0.5) is 0 Å². The van der Waals surface area contributed by atoms with Gasteiger partial charge in [-0.1, -0.05) is 60.7 Å². The molecule has 1 saturated heterocycles. The van der Waals surface area contributed by atoms with Gasteiger partial charge < -0.3 is 4.90 Å². The molecule has 0 aromatic heterocycles. The summed E-state index contributed by atoms with van der Waals surface area (Å²) in [5.74, 6) is 0.141. The summed E-state index contributed by atoms with van der Waals surface area (Å²) < 4.78 is 0. The molecule has 0 bridgehead atoms. The Morgan fingerprint density at radius 3 is 2.12 bits per heavy atom. The van der Waals surface area contributed by atoms with Crippen LogP contribution in [0.1, 0.15) is 30.9 Å². The number of benzene rings is 2. The van der Waals surface area contributed by atoms with Crippen LogP contribution in [0.15, 0.2) is 60.7 Å². The highest BCUT2D eigenvalue weighted by atomic mass is 16.2. The van der Waals surface area contributed by atoms with Crippen molar-refractivity contribution in [1.82, 2.24) is 9.80 Å². The Morgan fingerprint density at radius 1 is 1.00 bits per heavy atom. The summed E-state index contributed by atoms with van der Waals surface area (Å²) in [4.78, 5) is 16.2. The number of likely N-dealkylation sites (tertiary alicyclic amines) is 1. The molecule has 2 aromatic carbocycles. The second kappa shape index (κ2) is 7.83. The van der Waals surface area contributed by atoms with Crippen LogP contribution in [0, 0.1) is 0 Å². The highest BCUT2D eigenvalue weighted by Gasteiger charge is 2.37. The highest BCUT2D eigenvalue weighted by molar-refractivity contribution is 5.73. The second-order valence-corrected chi connectivity index (χ2v) is 7.28. The minimum absolute atomic E-state index is 0.0644. The van der Waals surface area contributed by atoms with Crippen molar-refractivity contribution in [2.75, 3.05) is 26.7 Å². The maximum atomic E-state index is 11.8. The molecule has 3 rings (SSSR count). The molecule has 25 heavy (non-hydrogen) atoms. The zero-order valence-corrected chi connectivity index (χ0v) is 15.3. The first-order valence-corrected chi connectivity index (χ1v) is 9.13. The van der Waals surface area contributed by atoms with Gasteiger partial charge in [-0.25, -0.2) is 0 Å². The lowest BCUT2D eigenvalue weighted by Gasteiger charge is -2.44. The van der Waals surface area contributed by atoms with Crippen LogP contribution in [-0.4, -0.2) is 42.4 Å². The fourth-order valence-electron chi connectivity index (χ4n) is 3.88. The maximum Gasteiger partial charge on any atom is 0.219 e. The topological polar surface area (TPSA) is 23.6 Å². The molecule has 0 spiro atoms. The van der Waals surface area contributed by atoms with Gasteiger partial charge in [-0.2, -0.15) is 0 Å². The summed E-state index contributed by atoms with van der Waals surface area (Å²) >= 11 is 0. The normalized spacial score (nSPS) is 17.2. The molecule has 1 heterocycles. The molecule has 1 fully saturated rings. The summed E-state index contributed by atoms with van der Waals surface area (Å²) in [5.41, 5.74) is 2.80. The predicted octanol–water partition coefficient (Wildman–Crippen LogP) is 3.70. The number of piperidine rings is 1. The van der Waals surface area contributed by atoms with E-state index in [0.29, 0.717) is 0 Å². The van der Waals surface area contributed by atoms with E-state index in [9.17, 15) is 4.79 Å². The van der Waals surface area contributed by atoms with E-state index >= 15 is 0 Å². The number of hydrogen-bond donors (Lipinski definition) is 0. The molecule has 1 aliphatic heterocycles. The summed E-state index contributed by atoms with van der Waals surface area (Å²) in [7, 11) is 1.92. The van der Waals surface area contributed by atoms with E-state index in [1.165, 1.54) is 11.1 Å². The van der Waals surface area contributed by atoms with E-state index in [1.807, 2.05) is 11.9 Å². The fourth-order valence-corrected chi connectivity index (χ4v) is 3.88. The predicted molar refractivity (Wildman–Crippen MR) is 102 cm³/mol. The van der Waals surface area contributed by atoms with Gasteiger partial charge in [0, 0.05) is 32.5 Å². The van der Waals surface area contributed by atoms with Gasteiger partial charge in [-0.3, -0.25) is 9.69 Å². The molecule has 0 radical (unpaired) electrons. The Labute approximate surface area is 151 Å². The summed E-state index contributed by atoms with van der Waals surface area (Å²) in [6, 6.07) is 21.4. The third-order valence-corrected chi connectivity index (χ3v) is 5.53. The molecular weight excluding hydrogens is 308 g/mol. The number of amides is 1. The van der Waals surface area contributed by atoms with E-state index in [-0.39, 0.29) is 11.3 Å². The second-order valence-electron chi connectivity index (χ2n) is 7.28. The largest absolute Gasteiger partial charge is 0.345 e. The van der Waals surface area contributed by atoms with Gasteiger partial charge in [-0.15, -0.1) is 0 Å². The van der Waals surface area contributed by atoms with Gasteiger partial charge in [0.15, 0.2) is 0 Å². The molecule has 3 nitrogen and oxygen atoms in total. The lowest BCUT2D eigenvalue weighted by Crippen LogP contribution is -2.48. The summed E-state index contributed by atoms with van der Waals surface area (Å²) in [5, 5.41) is 0. The van der Waals surface area contributed by atoms with E-state index in [4.69, 9.17) is 0 Å². The van der Waals surface area contributed by atoms with Crippen molar-refractivity contribution in [3.63, 3.8) is 0 Å². The number of carbonyl (C=O) groups excluding carboxylic acids is 1. The van der Waals surface area contributed by atoms with Gasteiger partial charge in [0.1, 0.15) is 0 Å². The number of likely N-dealkylation sites (N-methyl/N-ethyl adjacent to an activating group) is 1.